The molecule has 1 atom stereocenters. The number of hydrogen-bond donors (Lipinski definition) is 2. The van der Waals surface area contributed by atoms with Gasteiger partial charge in [0.15, 0.2) is 0 Å². The maximum absolute atomic E-state index is 12.1. The third kappa shape index (κ3) is 4.46. The summed E-state index contributed by atoms with van der Waals surface area (Å²) in [4.78, 5) is 22.4. The van der Waals surface area contributed by atoms with Crippen LogP contribution < -0.4 is 11.1 Å². The molecule has 0 spiro atoms. The van der Waals surface area contributed by atoms with Crippen molar-refractivity contribution in [2.24, 2.45) is 5.73 Å². The molecule has 0 saturated carbocycles. The number of halogens is 2. The normalized spacial score (nSPS) is 17.2. The lowest BCUT2D eigenvalue weighted by Crippen LogP contribution is -2.31. The van der Waals surface area contributed by atoms with Gasteiger partial charge in [-0.3, -0.25) is 14.9 Å². The van der Waals surface area contributed by atoms with E-state index < -0.39 is 11.0 Å². The van der Waals surface area contributed by atoms with Crippen LogP contribution >= 0.6 is 23.2 Å². The number of rotatable bonds is 5. The van der Waals surface area contributed by atoms with Crippen LogP contribution in [0.3, 0.4) is 0 Å². The maximum Gasteiger partial charge on any atom is 0.253 e. The van der Waals surface area contributed by atoms with Gasteiger partial charge in [-0.05, 0) is 36.3 Å². The molecule has 2 rings (SSSR count). The van der Waals surface area contributed by atoms with Crippen LogP contribution in [0, 0.1) is 10.1 Å². The molecule has 0 fully saturated rings. The number of carbonyl (C=O) groups is 1. The predicted octanol–water partition coefficient (Wildman–Crippen LogP) is 2.47. The van der Waals surface area contributed by atoms with E-state index in [4.69, 9.17) is 28.9 Å². The number of nitrogens with one attached hydrogen (secondary N) is 1. The summed E-state index contributed by atoms with van der Waals surface area (Å²) in [7, 11) is 0. The fraction of sp³-hybridized carbons (Fsp3) is 0.267. The van der Waals surface area contributed by atoms with Gasteiger partial charge < -0.3 is 11.1 Å². The molecule has 0 heterocycles. The Morgan fingerprint density at radius 3 is 2.78 bits per heavy atom. The Labute approximate surface area is 143 Å². The van der Waals surface area contributed by atoms with E-state index in [1.165, 1.54) is 12.2 Å². The molecule has 122 valence electrons. The number of hydrogen-bond acceptors (Lipinski definition) is 4. The largest absolute Gasteiger partial charge is 0.401 e. The summed E-state index contributed by atoms with van der Waals surface area (Å²) in [5.41, 5.74) is 7.11. The molecule has 0 aromatic heterocycles. The first-order valence-corrected chi connectivity index (χ1v) is 7.66. The molecular weight excluding hydrogens is 341 g/mol. The standard InChI is InChI=1S/C15H15Cl2N3O3/c16-10-2-1-9(13(17)7-10)5-6-19-15(21)12-4-3-11(20(22)23)8-14(12)18/h1-4,7,11H,5-6,8,18H2,(H,19,21). The third-order valence-corrected chi connectivity index (χ3v) is 4.06. The van der Waals surface area contributed by atoms with Crippen LogP contribution in [0.25, 0.3) is 0 Å². The quantitative estimate of drug-likeness (QED) is 0.625. The van der Waals surface area contributed by atoms with Crippen molar-refractivity contribution < 1.29 is 9.72 Å². The number of carbonyl (C=O) groups excluding carboxylic acids is 1. The van der Waals surface area contributed by atoms with Crippen LogP contribution in [-0.4, -0.2) is 23.4 Å². The summed E-state index contributed by atoms with van der Waals surface area (Å²) in [6.07, 6.45) is 3.35. The Kier molecular flexibility index (Phi) is 5.63. The Bertz CT molecular complexity index is 701. The molecule has 6 nitrogen and oxygen atoms in total. The van der Waals surface area contributed by atoms with E-state index >= 15 is 0 Å². The van der Waals surface area contributed by atoms with Gasteiger partial charge >= 0.3 is 0 Å². The molecule has 1 aliphatic carbocycles. The second-order valence-electron chi connectivity index (χ2n) is 5.10. The average Bonchev–Trinajstić information content (AvgIpc) is 2.49. The summed E-state index contributed by atoms with van der Waals surface area (Å²) in [6.45, 7) is 0.365. The van der Waals surface area contributed by atoms with E-state index in [2.05, 4.69) is 5.32 Å². The minimum absolute atomic E-state index is 0.0370. The van der Waals surface area contributed by atoms with Gasteiger partial charge in [0, 0.05) is 27.2 Å². The van der Waals surface area contributed by atoms with Crippen LogP contribution in [0.4, 0.5) is 0 Å². The first kappa shape index (κ1) is 17.3. The summed E-state index contributed by atoms with van der Waals surface area (Å²) >= 11 is 11.9. The second kappa shape index (κ2) is 7.48. The highest BCUT2D eigenvalue weighted by Gasteiger charge is 2.25. The molecule has 0 aliphatic heterocycles. The smallest absolute Gasteiger partial charge is 0.253 e. The van der Waals surface area contributed by atoms with Crippen molar-refractivity contribution in [2.75, 3.05) is 6.54 Å². The average molecular weight is 356 g/mol. The molecule has 1 aromatic rings. The van der Waals surface area contributed by atoms with Crippen LogP contribution in [0.5, 0.6) is 0 Å². The molecule has 0 radical (unpaired) electrons. The van der Waals surface area contributed by atoms with Gasteiger partial charge in [-0.2, -0.15) is 0 Å². The monoisotopic (exact) mass is 355 g/mol. The summed E-state index contributed by atoms with van der Waals surface area (Å²) in [5, 5.41) is 14.5. The molecule has 0 bridgehead atoms. The van der Waals surface area contributed by atoms with Crippen molar-refractivity contribution in [1.29, 1.82) is 0 Å². The molecule has 8 heteroatoms. The summed E-state index contributed by atoms with van der Waals surface area (Å²) in [6, 6.07) is 4.29. The van der Waals surface area contributed by atoms with Crippen molar-refractivity contribution in [3.8, 4) is 0 Å². The third-order valence-electron chi connectivity index (χ3n) is 3.47. The second-order valence-corrected chi connectivity index (χ2v) is 5.94. The number of nitrogens with two attached hydrogens (primary N) is 1. The van der Waals surface area contributed by atoms with Crippen molar-refractivity contribution in [1.82, 2.24) is 5.32 Å². The highest BCUT2D eigenvalue weighted by molar-refractivity contribution is 6.35. The Morgan fingerprint density at radius 2 is 2.17 bits per heavy atom. The number of nitrogens with zero attached hydrogens (tertiary/aromatic N) is 1. The van der Waals surface area contributed by atoms with Gasteiger partial charge in [-0.1, -0.05) is 29.3 Å². The fourth-order valence-corrected chi connectivity index (χ4v) is 2.72. The number of amides is 1. The molecule has 1 unspecified atom stereocenters. The lowest BCUT2D eigenvalue weighted by molar-refractivity contribution is -0.509. The first-order chi connectivity index (χ1) is 10.9. The molecule has 3 N–H and O–H groups in total. The van der Waals surface area contributed by atoms with Crippen LogP contribution in [0.1, 0.15) is 12.0 Å². The van der Waals surface area contributed by atoms with Gasteiger partial charge in [-0.15, -0.1) is 0 Å². The van der Waals surface area contributed by atoms with Gasteiger partial charge in [0.1, 0.15) is 0 Å². The highest BCUT2D eigenvalue weighted by Crippen LogP contribution is 2.21. The van der Waals surface area contributed by atoms with E-state index in [1.807, 2.05) is 0 Å². The van der Waals surface area contributed by atoms with E-state index in [1.54, 1.807) is 18.2 Å². The summed E-state index contributed by atoms with van der Waals surface area (Å²) in [5.74, 6) is -0.356. The van der Waals surface area contributed by atoms with Crippen molar-refractivity contribution in [3.05, 3.63) is 67.3 Å². The van der Waals surface area contributed by atoms with Gasteiger partial charge in [0.2, 0.25) is 6.04 Å². The zero-order valence-corrected chi connectivity index (χ0v) is 13.6. The first-order valence-electron chi connectivity index (χ1n) is 6.91. The Morgan fingerprint density at radius 1 is 1.43 bits per heavy atom. The van der Waals surface area contributed by atoms with E-state index in [-0.39, 0.29) is 23.6 Å². The predicted molar refractivity (Wildman–Crippen MR) is 88.9 cm³/mol. The number of benzene rings is 1. The fourth-order valence-electron chi connectivity index (χ4n) is 2.21. The molecule has 1 aliphatic rings. The van der Waals surface area contributed by atoms with Crippen molar-refractivity contribution in [3.63, 3.8) is 0 Å². The minimum Gasteiger partial charge on any atom is -0.401 e. The van der Waals surface area contributed by atoms with Crippen LogP contribution in [0.15, 0.2) is 41.6 Å². The SMILES string of the molecule is NC1=C(C(=O)NCCc2ccc(Cl)cc2Cl)C=CC([N+](=O)[O-])C1. The van der Waals surface area contributed by atoms with E-state index in [0.717, 1.165) is 5.56 Å². The zero-order chi connectivity index (χ0) is 17.0. The molecule has 1 amide bonds. The Hall–Kier alpha value is -2.05. The lowest BCUT2D eigenvalue weighted by Gasteiger charge is -2.15. The Balaban J connectivity index is 1.91. The van der Waals surface area contributed by atoms with Gasteiger partial charge in [0.25, 0.3) is 5.91 Å². The zero-order valence-electron chi connectivity index (χ0n) is 12.1. The molecule has 1 aromatic carbocycles. The van der Waals surface area contributed by atoms with E-state index in [0.29, 0.717) is 23.0 Å². The topological polar surface area (TPSA) is 98.3 Å². The maximum atomic E-state index is 12.1. The summed E-state index contributed by atoms with van der Waals surface area (Å²) < 4.78 is 0. The minimum atomic E-state index is -0.876. The molecule has 0 saturated heterocycles. The van der Waals surface area contributed by atoms with E-state index in [9.17, 15) is 14.9 Å². The van der Waals surface area contributed by atoms with Gasteiger partial charge in [0.05, 0.1) is 12.0 Å². The van der Waals surface area contributed by atoms with Gasteiger partial charge in [-0.25, -0.2) is 0 Å². The highest BCUT2D eigenvalue weighted by atomic mass is 35.5. The van der Waals surface area contributed by atoms with Crippen LogP contribution in [0.2, 0.25) is 10.0 Å². The molecule has 23 heavy (non-hydrogen) atoms. The van der Waals surface area contributed by atoms with Crippen molar-refractivity contribution in [2.45, 2.75) is 18.9 Å². The van der Waals surface area contributed by atoms with Crippen LogP contribution in [-0.2, 0) is 11.2 Å². The number of nitro groups is 1. The lowest BCUT2D eigenvalue weighted by atomic mass is 9.99. The van der Waals surface area contributed by atoms with Crippen molar-refractivity contribution >= 4 is 29.1 Å². The molecular formula is C15H15Cl2N3O3.